The van der Waals surface area contributed by atoms with Crippen molar-refractivity contribution in [2.75, 3.05) is 30.0 Å². The lowest BCUT2D eigenvalue weighted by Gasteiger charge is -2.23. The van der Waals surface area contributed by atoms with Crippen molar-refractivity contribution in [3.8, 4) is 0 Å². The first-order valence-corrected chi connectivity index (χ1v) is 9.54. The number of nitrogens with two attached hydrogens (primary N) is 1. The number of sulfone groups is 1. The van der Waals surface area contributed by atoms with Gasteiger partial charge in [-0.15, -0.1) is 11.8 Å². The molecule has 1 aromatic carbocycles. The molecule has 2 N–H and O–H groups in total. The Bertz CT molecular complexity index is 644. The molecule has 0 aromatic heterocycles. The molecule has 0 saturated carbocycles. The Morgan fingerprint density at radius 2 is 2.19 bits per heavy atom. The first-order valence-electron chi connectivity index (χ1n) is 6.73. The Hall–Kier alpha value is -1.21. The molecule has 7 heteroatoms. The standard InChI is InChI=1S/C14H20N2O3S2/c1-10-3-4-13(12(15)7-10)20-8-14(17)16(2)11-5-6-21(18,19)9-11/h3-4,7,11H,5-6,8-9,15H2,1-2H3. The number of anilines is 1. The van der Waals surface area contributed by atoms with Crippen LogP contribution in [0.15, 0.2) is 23.1 Å². The van der Waals surface area contributed by atoms with Crippen LogP contribution in [0.2, 0.25) is 0 Å². The molecule has 1 heterocycles. The third-order valence-electron chi connectivity index (χ3n) is 3.67. The summed E-state index contributed by atoms with van der Waals surface area (Å²) in [5, 5.41) is 0. The molecule has 1 saturated heterocycles. The molecule has 1 aliphatic heterocycles. The van der Waals surface area contributed by atoms with Gasteiger partial charge in [-0.25, -0.2) is 8.42 Å². The van der Waals surface area contributed by atoms with E-state index in [1.807, 2.05) is 25.1 Å². The van der Waals surface area contributed by atoms with Gasteiger partial charge in [0.25, 0.3) is 0 Å². The molecule has 21 heavy (non-hydrogen) atoms. The molecule has 116 valence electrons. The van der Waals surface area contributed by atoms with Crippen LogP contribution in [0, 0.1) is 6.92 Å². The van der Waals surface area contributed by atoms with Crippen LogP contribution in [0.5, 0.6) is 0 Å². The first-order chi connectivity index (χ1) is 9.78. The maximum absolute atomic E-state index is 12.2. The summed E-state index contributed by atoms with van der Waals surface area (Å²) in [7, 11) is -1.30. The van der Waals surface area contributed by atoms with Gasteiger partial charge >= 0.3 is 0 Å². The molecule has 1 unspecified atom stereocenters. The number of benzene rings is 1. The predicted molar refractivity (Wildman–Crippen MR) is 86.1 cm³/mol. The lowest BCUT2D eigenvalue weighted by Crippen LogP contribution is -2.38. The maximum atomic E-state index is 12.2. The predicted octanol–water partition coefficient (Wildman–Crippen LogP) is 1.31. The molecule has 0 spiro atoms. The smallest absolute Gasteiger partial charge is 0.232 e. The SMILES string of the molecule is Cc1ccc(SCC(=O)N(C)C2CCS(=O)(=O)C2)c(N)c1. The lowest BCUT2D eigenvalue weighted by atomic mass is 10.2. The third-order valence-corrected chi connectivity index (χ3v) is 6.49. The molecule has 0 radical (unpaired) electrons. The molecule has 5 nitrogen and oxygen atoms in total. The second kappa shape index (κ2) is 6.27. The number of thioether (sulfide) groups is 1. The van der Waals surface area contributed by atoms with Crippen molar-refractivity contribution in [1.29, 1.82) is 0 Å². The van der Waals surface area contributed by atoms with Crippen LogP contribution in [-0.4, -0.2) is 49.6 Å². The summed E-state index contributed by atoms with van der Waals surface area (Å²) in [5.41, 5.74) is 7.66. The van der Waals surface area contributed by atoms with Crippen LogP contribution < -0.4 is 5.73 Å². The highest BCUT2D eigenvalue weighted by atomic mass is 32.2. The average Bonchev–Trinajstić information content (AvgIpc) is 2.77. The largest absolute Gasteiger partial charge is 0.398 e. The number of aryl methyl sites for hydroxylation is 1. The van der Waals surface area contributed by atoms with Gasteiger partial charge in [0.05, 0.1) is 17.3 Å². The molecular weight excluding hydrogens is 308 g/mol. The summed E-state index contributed by atoms with van der Waals surface area (Å²) in [6, 6.07) is 5.54. The minimum absolute atomic E-state index is 0.0675. The Morgan fingerprint density at radius 3 is 2.76 bits per heavy atom. The number of carbonyl (C=O) groups excluding carboxylic acids is 1. The second-order valence-electron chi connectivity index (χ2n) is 5.39. The number of nitrogens with zero attached hydrogens (tertiary/aromatic N) is 1. The second-order valence-corrected chi connectivity index (χ2v) is 8.64. The monoisotopic (exact) mass is 328 g/mol. The molecule has 1 fully saturated rings. The highest BCUT2D eigenvalue weighted by Crippen LogP contribution is 2.26. The minimum atomic E-state index is -2.97. The van der Waals surface area contributed by atoms with Crippen LogP contribution in [0.25, 0.3) is 0 Å². The number of hydrogen-bond acceptors (Lipinski definition) is 5. The summed E-state index contributed by atoms with van der Waals surface area (Å²) in [4.78, 5) is 14.6. The van der Waals surface area contributed by atoms with Gasteiger partial charge in [0.2, 0.25) is 5.91 Å². The van der Waals surface area contributed by atoms with Gasteiger partial charge < -0.3 is 10.6 Å². The van der Waals surface area contributed by atoms with Crippen molar-refractivity contribution in [2.45, 2.75) is 24.3 Å². The van der Waals surface area contributed by atoms with Crippen LogP contribution in [0.3, 0.4) is 0 Å². The van der Waals surface area contributed by atoms with Gasteiger partial charge in [-0.05, 0) is 31.0 Å². The van der Waals surface area contributed by atoms with Crippen LogP contribution in [-0.2, 0) is 14.6 Å². The number of amides is 1. The van der Waals surface area contributed by atoms with Gasteiger partial charge in [-0.1, -0.05) is 6.07 Å². The fourth-order valence-electron chi connectivity index (χ4n) is 2.33. The van der Waals surface area contributed by atoms with Crippen LogP contribution in [0.4, 0.5) is 5.69 Å². The zero-order chi connectivity index (χ0) is 15.6. The molecule has 2 rings (SSSR count). The molecule has 1 aromatic rings. The van der Waals surface area contributed by atoms with Crippen molar-refractivity contribution in [3.05, 3.63) is 23.8 Å². The van der Waals surface area contributed by atoms with E-state index in [1.165, 1.54) is 11.8 Å². The van der Waals surface area contributed by atoms with E-state index in [9.17, 15) is 13.2 Å². The van der Waals surface area contributed by atoms with E-state index in [0.717, 1.165) is 10.5 Å². The van der Waals surface area contributed by atoms with Crippen LogP contribution >= 0.6 is 11.8 Å². The number of hydrogen-bond donors (Lipinski definition) is 1. The first kappa shape index (κ1) is 16.2. The fraction of sp³-hybridized carbons (Fsp3) is 0.500. The van der Waals surface area contributed by atoms with E-state index in [2.05, 4.69) is 0 Å². The van der Waals surface area contributed by atoms with E-state index in [-0.39, 0.29) is 29.2 Å². The average molecular weight is 328 g/mol. The quantitative estimate of drug-likeness (QED) is 0.666. The summed E-state index contributed by atoms with van der Waals surface area (Å²) in [5.74, 6) is 0.447. The van der Waals surface area contributed by atoms with Gasteiger partial charge in [0.1, 0.15) is 0 Å². The lowest BCUT2D eigenvalue weighted by molar-refractivity contribution is -0.128. The fourth-order valence-corrected chi connectivity index (χ4v) is 4.97. The van der Waals surface area contributed by atoms with Crippen molar-refractivity contribution in [1.82, 2.24) is 4.90 Å². The van der Waals surface area contributed by atoms with Crippen molar-refractivity contribution in [2.24, 2.45) is 0 Å². The molecule has 0 aliphatic carbocycles. The number of carbonyl (C=O) groups is 1. The van der Waals surface area contributed by atoms with E-state index in [4.69, 9.17) is 5.73 Å². The van der Waals surface area contributed by atoms with Gasteiger partial charge in [-0.3, -0.25) is 4.79 Å². The third kappa shape index (κ3) is 4.14. The maximum Gasteiger partial charge on any atom is 0.232 e. The Balaban J connectivity index is 1.92. The summed E-state index contributed by atoms with van der Waals surface area (Å²) >= 11 is 1.39. The molecule has 0 bridgehead atoms. The summed E-state index contributed by atoms with van der Waals surface area (Å²) in [6.07, 6.45) is 0.530. The van der Waals surface area contributed by atoms with Gasteiger partial charge in [-0.2, -0.15) is 0 Å². The van der Waals surface area contributed by atoms with E-state index in [1.54, 1.807) is 11.9 Å². The molecular formula is C14H20N2O3S2. The molecule has 1 aliphatic rings. The Labute approximate surface area is 129 Å². The van der Waals surface area contributed by atoms with E-state index < -0.39 is 9.84 Å². The highest BCUT2D eigenvalue weighted by Gasteiger charge is 2.32. The minimum Gasteiger partial charge on any atom is -0.398 e. The molecule has 1 amide bonds. The van der Waals surface area contributed by atoms with Crippen molar-refractivity contribution in [3.63, 3.8) is 0 Å². The summed E-state index contributed by atoms with van der Waals surface area (Å²) in [6.45, 7) is 1.96. The number of nitrogen functional groups attached to an aromatic ring is 1. The number of rotatable bonds is 4. The van der Waals surface area contributed by atoms with E-state index >= 15 is 0 Å². The topological polar surface area (TPSA) is 80.5 Å². The van der Waals surface area contributed by atoms with Crippen molar-refractivity contribution < 1.29 is 13.2 Å². The summed E-state index contributed by atoms with van der Waals surface area (Å²) < 4.78 is 22.9. The zero-order valence-corrected chi connectivity index (χ0v) is 13.8. The van der Waals surface area contributed by atoms with Gasteiger partial charge in [0.15, 0.2) is 9.84 Å². The van der Waals surface area contributed by atoms with E-state index in [0.29, 0.717) is 12.1 Å². The highest BCUT2D eigenvalue weighted by molar-refractivity contribution is 8.00. The zero-order valence-electron chi connectivity index (χ0n) is 12.2. The van der Waals surface area contributed by atoms with Gasteiger partial charge in [0, 0.05) is 23.7 Å². The molecule has 1 atom stereocenters. The Morgan fingerprint density at radius 1 is 1.48 bits per heavy atom. The normalized spacial score (nSPS) is 20.4. The Kier molecular flexibility index (Phi) is 4.83. The van der Waals surface area contributed by atoms with Crippen molar-refractivity contribution >= 4 is 33.2 Å². The van der Waals surface area contributed by atoms with Crippen LogP contribution in [0.1, 0.15) is 12.0 Å².